The fraction of sp³-hybridized carbons (Fsp3) is 0.333. The number of hydrogen-bond donors (Lipinski definition) is 2. The first-order valence-corrected chi connectivity index (χ1v) is 13.5. The van der Waals surface area contributed by atoms with Crippen LogP contribution >= 0.6 is 24.8 Å². The van der Waals surface area contributed by atoms with Crippen molar-refractivity contribution in [3.05, 3.63) is 64.2 Å². The van der Waals surface area contributed by atoms with E-state index in [4.69, 9.17) is 4.98 Å². The zero-order valence-electron chi connectivity index (χ0n) is 21.4. The van der Waals surface area contributed by atoms with Gasteiger partial charge in [0.15, 0.2) is 5.65 Å². The normalized spacial score (nSPS) is 13.0. The highest BCUT2D eigenvalue weighted by molar-refractivity contribution is 7.92. The maximum absolute atomic E-state index is 13.3. The molecule has 1 aliphatic heterocycles. The van der Waals surface area contributed by atoms with Gasteiger partial charge >= 0.3 is 0 Å². The first kappa shape index (κ1) is 29.4. The van der Waals surface area contributed by atoms with Crippen molar-refractivity contribution < 1.29 is 8.42 Å². The van der Waals surface area contributed by atoms with Crippen LogP contribution in [0.25, 0.3) is 16.7 Å². The van der Waals surface area contributed by atoms with Crippen molar-refractivity contribution in [1.82, 2.24) is 29.6 Å². The first-order valence-electron chi connectivity index (χ1n) is 11.6. The topological polar surface area (TPSA) is 127 Å². The predicted octanol–water partition coefficient (Wildman–Crippen LogP) is 3.19. The van der Waals surface area contributed by atoms with Gasteiger partial charge in [-0.05, 0) is 56.1 Å². The summed E-state index contributed by atoms with van der Waals surface area (Å²) in [4.78, 5) is 26.6. The number of rotatable bonds is 6. The van der Waals surface area contributed by atoms with E-state index < -0.39 is 10.0 Å². The van der Waals surface area contributed by atoms with E-state index in [0.29, 0.717) is 22.7 Å². The monoisotopic (exact) mass is 580 g/mol. The molecule has 0 saturated carbocycles. The van der Waals surface area contributed by atoms with Crippen LogP contribution in [-0.2, 0) is 23.0 Å². The molecular formula is C24H30Cl2N8O3S. The summed E-state index contributed by atoms with van der Waals surface area (Å²) < 4.78 is 28.5. The standard InChI is InChI=1S/C24H28N8O3S.2ClH/c1-15(2)31-23(33)20-14-27-24(28-18-6-5-17-13-25-9-7-16(17)11-18)29-22(20)32(31)19-8-10-26-21(12-19)30(3)36(4,34)35;;/h5-6,8,10-12,14-15,25H,7,9,13H2,1-4H3,(H,27,28,29);2*1H. The van der Waals surface area contributed by atoms with Crippen molar-refractivity contribution in [3.63, 3.8) is 0 Å². The van der Waals surface area contributed by atoms with Crippen molar-refractivity contribution in [2.45, 2.75) is 32.9 Å². The molecule has 1 aromatic carbocycles. The molecule has 0 saturated heterocycles. The quantitative estimate of drug-likeness (QED) is 0.356. The second kappa shape index (κ2) is 11.3. The zero-order valence-corrected chi connectivity index (χ0v) is 23.8. The number of sulfonamides is 1. The van der Waals surface area contributed by atoms with E-state index in [1.807, 2.05) is 19.9 Å². The largest absolute Gasteiger partial charge is 0.324 e. The number of nitrogens with zero attached hydrogens (tertiary/aromatic N) is 6. The first-order chi connectivity index (χ1) is 17.1. The van der Waals surface area contributed by atoms with Gasteiger partial charge in [-0.3, -0.25) is 9.10 Å². The van der Waals surface area contributed by atoms with Crippen molar-refractivity contribution in [1.29, 1.82) is 0 Å². The number of nitrogens with one attached hydrogen (secondary N) is 2. The van der Waals surface area contributed by atoms with Crippen LogP contribution in [0.1, 0.15) is 31.0 Å². The average Bonchev–Trinajstić information content (AvgIpc) is 3.15. The summed E-state index contributed by atoms with van der Waals surface area (Å²) in [6.07, 6.45) is 5.10. The Morgan fingerprint density at radius 1 is 1.11 bits per heavy atom. The zero-order chi connectivity index (χ0) is 25.6. The Labute approximate surface area is 233 Å². The van der Waals surface area contributed by atoms with E-state index >= 15 is 0 Å². The lowest BCUT2D eigenvalue weighted by molar-refractivity contribution is 0.476. The van der Waals surface area contributed by atoms with Crippen LogP contribution in [0.4, 0.5) is 17.5 Å². The Hall–Kier alpha value is -3.19. The summed E-state index contributed by atoms with van der Waals surface area (Å²) in [5.74, 6) is 0.587. The van der Waals surface area contributed by atoms with Gasteiger partial charge in [-0.1, -0.05) is 6.07 Å². The van der Waals surface area contributed by atoms with Crippen LogP contribution in [0.5, 0.6) is 0 Å². The van der Waals surface area contributed by atoms with Gasteiger partial charge < -0.3 is 10.6 Å². The minimum Gasteiger partial charge on any atom is -0.324 e. The van der Waals surface area contributed by atoms with Gasteiger partial charge in [0, 0.05) is 43.8 Å². The molecule has 11 nitrogen and oxygen atoms in total. The van der Waals surface area contributed by atoms with Crippen LogP contribution in [0.2, 0.25) is 0 Å². The Kier molecular flexibility index (Phi) is 8.72. The fourth-order valence-corrected chi connectivity index (χ4v) is 4.78. The van der Waals surface area contributed by atoms with Crippen molar-refractivity contribution in [3.8, 4) is 5.69 Å². The third-order valence-corrected chi connectivity index (χ3v) is 7.44. The molecule has 0 bridgehead atoms. The van der Waals surface area contributed by atoms with Crippen molar-refractivity contribution >= 4 is 63.3 Å². The molecule has 0 aliphatic carbocycles. The Morgan fingerprint density at radius 2 is 1.87 bits per heavy atom. The van der Waals surface area contributed by atoms with Crippen LogP contribution in [0, 0.1) is 0 Å². The molecular weight excluding hydrogens is 551 g/mol. The lowest BCUT2D eigenvalue weighted by atomic mass is 10.0. The van der Waals surface area contributed by atoms with E-state index in [1.165, 1.54) is 30.6 Å². The average molecular weight is 582 g/mol. The molecule has 4 aromatic rings. The second-order valence-corrected chi connectivity index (χ2v) is 11.1. The highest BCUT2D eigenvalue weighted by Gasteiger charge is 2.21. The van der Waals surface area contributed by atoms with Gasteiger partial charge in [-0.2, -0.15) is 4.98 Å². The predicted molar refractivity (Wildman–Crippen MR) is 154 cm³/mol. The highest BCUT2D eigenvalue weighted by atomic mass is 35.5. The van der Waals surface area contributed by atoms with Gasteiger partial charge in [0.05, 0.1) is 11.9 Å². The molecule has 3 aromatic heterocycles. The molecule has 0 amide bonds. The molecule has 204 valence electrons. The molecule has 4 heterocycles. The Bertz CT molecular complexity index is 1640. The number of halogens is 2. The number of aromatic nitrogens is 5. The van der Waals surface area contributed by atoms with Gasteiger partial charge in [0.2, 0.25) is 16.0 Å². The fourth-order valence-electron chi connectivity index (χ4n) is 4.34. The molecule has 0 radical (unpaired) electrons. The molecule has 14 heteroatoms. The maximum Gasteiger partial charge on any atom is 0.278 e. The van der Waals surface area contributed by atoms with Crippen LogP contribution in [0.15, 0.2) is 47.5 Å². The highest BCUT2D eigenvalue weighted by Crippen LogP contribution is 2.25. The van der Waals surface area contributed by atoms with E-state index in [0.717, 1.165) is 35.8 Å². The molecule has 0 spiro atoms. The molecule has 1 aliphatic rings. The molecule has 2 N–H and O–H groups in total. The van der Waals surface area contributed by atoms with Gasteiger partial charge in [0.1, 0.15) is 11.2 Å². The van der Waals surface area contributed by atoms with Crippen LogP contribution in [0.3, 0.4) is 0 Å². The smallest absolute Gasteiger partial charge is 0.278 e. The SMILES string of the molecule is CC(C)n1c(=O)c2cnc(Nc3ccc4c(c3)CCNC4)nc2n1-c1ccnc(N(C)S(C)(=O)=O)c1.Cl.Cl. The molecule has 0 unspecified atom stereocenters. The lowest BCUT2D eigenvalue weighted by Gasteiger charge is -2.19. The number of anilines is 3. The number of benzene rings is 1. The van der Waals surface area contributed by atoms with Gasteiger partial charge in [-0.25, -0.2) is 27.7 Å². The van der Waals surface area contributed by atoms with Gasteiger partial charge in [0.25, 0.3) is 5.56 Å². The lowest BCUT2D eigenvalue weighted by Crippen LogP contribution is -2.27. The second-order valence-electron chi connectivity index (χ2n) is 9.12. The van der Waals surface area contributed by atoms with E-state index in [9.17, 15) is 13.2 Å². The van der Waals surface area contributed by atoms with Gasteiger partial charge in [-0.15, -0.1) is 24.8 Å². The van der Waals surface area contributed by atoms with Crippen LogP contribution < -0.4 is 20.5 Å². The van der Waals surface area contributed by atoms with E-state index in [1.54, 1.807) is 21.5 Å². The summed E-state index contributed by atoms with van der Waals surface area (Å²) in [7, 11) is -2.08. The minimum atomic E-state index is -3.51. The summed E-state index contributed by atoms with van der Waals surface area (Å²) in [6, 6.07) is 9.32. The van der Waals surface area contributed by atoms with E-state index in [2.05, 4.69) is 32.7 Å². The van der Waals surface area contributed by atoms with E-state index in [-0.39, 0.29) is 42.2 Å². The summed E-state index contributed by atoms with van der Waals surface area (Å²) >= 11 is 0. The van der Waals surface area contributed by atoms with Crippen molar-refractivity contribution in [2.75, 3.05) is 29.5 Å². The third kappa shape index (κ3) is 5.48. The molecule has 5 rings (SSSR count). The van der Waals surface area contributed by atoms with Crippen LogP contribution in [-0.4, -0.2) is 52.6 Å². The van der Waals surface area contributed by atoms with Crippen molar-refractivity contribution in [2.24, 2.45) is 0 Å². The third-order valence-electron chi connectivity index (χ3n) is 6.26. The summed E-state index contributed by atoms with van der Waals surface area (Å²) in [5, 5.41) is 6.99. The number of hydrogen-bond acceptors (Lipinski definition) is 8. The number of pyridine rings is 1. The maximum atomic E-state index is 13.3. The Balaban J connectivity index is 0.00000200. The Morgan fingerprint density at radius 3 is 2.58 bits per heavy atom. The summed E-state index contributed by atoms with van der Waals surface area (Å²) in [6.45, 7) is 5.60. The summed E-state index contributed by atoms with van der Waals surface area (Å²) in [5.41, 5.74) is 4.16. The molecule has 0 fully saturated rings. The minimum absolute atomic E-state index is 0. The molecule has 38 heavy (non-hydrogen) atoms. The number of fused-ring (bicyclic) bond motifs is 2. The molecule has 0 atom stereocenters.